The van der Waals surface area contributed by atoms with Gasteiger partial charge in [0, 0.05) is 5.56 Å². The molecular formula is C24H22N2O7S. The number of anilines is 2. The molecule has 0 saturated heterocycles. The van der Waals surface area contributed by atoms with Crippen LogP contribution in [0.2, 0.25) is 0 Å². The summed E-state index contributed by atoms with van der Waals surface area (Å²) in [4.78, 5) is 36.9. The zero-order chi connectivity index (χ0) is 24.9. The predicted molar refractivity (Wildman–Crippen MR) is 126 cm³/mol. The standard InChI is InChI=1S/C24H22N2O7S/c1-15-13-16(10-12-20(15)26-34(30,31)18-7-5-4-6-8-18)22(27)25-21-14-17(23(28)32-2)9-11-19(21)24(29)33-3/h4-14,26H,1-3H3,(H,25,27). The summed E-state index contributed by atoms with van der Waals surface area (Å²) in [5, 5.41) is 2.60. The molecule has 3 rings (SSSR count). The molecule has 0 aliphatic heterocycles. The van der Waals surface area contributed by atoms with Crippen molar-refractivity contribution in [1.29, 1.82) is 0 Å². The number of carbonyl (C=O) groups excluding carboxylic acids is 3. The fourth-order valence-electron chi connectivity index (χ4n) is 3.10. The number of esters is 2. The normalized spacial score (nSPS) is 10.8. The number of hydrogen-bond donors (Lipinski definition) is 2. The van der Waals surface area contributed by atoms with E-state index in [1.165, 1.54) is 62.8 Å². The van der Waals surface area contributed by atoms with Crippen LogP contribution < -0.4 is 10.0 Å². The molecule has 0 spiro atoms. The minimum absolute atomic E-state index is 0.0486. The van der Waals surface area contributed by atoms with Crippen molar-refractivity contribution in [3.8, 4) is 0 Å². The van der Waals surface area contributed by atoms with Gasteiger partial charge in [0.15, 0.2) is 0 Å². The molecule has 0 heterocycles. The third-order valence-electron chi connectivity index (χ3n) is 4.88. The van der Waals surface area contributed by atoms with E-state index in [1.54, 1.807) is 25.1 Å². The van der Waals surface area contributed by atoms with E-state index in [4.69, 9.17) is 4.74 Å². The number of amides is 1. The average Bonchev–Trinajstić information content (AvgIpc) is 2.84. The van der Waals surface area contributed by atoms with Gasteiger partial charge in [-0.15, -0.1) is 0 Å². The number of methoxy groups -OCH3 is 2. The van der Waals surface area contributed by atoms with E-state index in [9.17, 15) is 22.8 Å². The van der Waals surface area contributed by atoms with Crippen molar-refractivity contribution in [3.05, 3.63) is 89.0 Å². The molecule has 0 aliphatic carbocycles. The Morgan fingerprint density at radius 2 is 1.41 bits per heavy atom. The summed E-state index contributed by atoms with van der Waals surface area (Å²) in [6, 6.07) is 16.3. The molecule has 3 aromatic rings. The van der Waals surface area contributed by atoms with Gasteiger partial charge in [-0.1, -0.05) is 18.2 Å². The van der Waals surface area contributed by atoms with Gasteiger partial charge in [-0.05, 0) is 61.0 Å². The van der Waals surface area contributed by atoms with Gasteiger partial charge in [0.1, 0.15) is 0 Å². The van der Waals surface area contributed by atoms with Crippen molar-refractivity contribution < 1.29 is 32.3 Å². The Kier molecular flexibility index (Phi) is 7.32. The van der Waals surface area contributed by atoms with Crippen molar-refractivity contribution in [2.45, 2.75) is 11.8 Å². The van der Waals surface area contributed by atoms with Gasteiger partial charge in [0.2, 0.25) is 0 Å². The maximum absolute atomic E-state index is 12.9. The summed E-state index contributed by atoms with van der Waals surface area (Å²) in [6.45, 7) is 1.65. The molecule has 2 N–H and O–H groups in total. The Morgan fingerprint density at radius 1 is 0.765 bits per heavy atom. The van der Waals surface area contributed by atoms with E-state index in [2.05, 4.69) is 14.8 Å². The van der Waals surface area contributed by atoms with Gasteiger partial charge in [-0.3, -0.25) is 9.52 Å². The molecule has 0 saturated carbocycles. The Morgan fingerprint density at radius 3 is 2.03 bits per heavy atom. The van der Waals surface area contributed by atoms with E-state index >= 15 is 0 Å². The molecule has 0 radical (unpaired) electrons. The second kappa shape index (κ2) is 10.2. The molecule has 9 nitrogen and oxygen atoms in total. The van der Waals surface area contributed by atoms with Crippen LogP contribution in [0, 0.1) is 6.92 Å². The molecule has 0 aromatic heterocycles. The maximum Gasteiger partial charge on any atom is 0.339 e. The van der Waals surface area contributed by atoms with Gasteiger partial charge < -0.3 is 14.8 Å². The number of rotatable bonds is 7. The van der Waals surface area contributed by atoms with Crippen molar-refractivity contribution in [2.75, 3.05) is 24.3 Å². The lowest BCUT2D eigenvalue weighted by atomic mass is 10.1. The summed E-state index contributed by atoms with van der Waals surface area (Å²) in [5.74, 6) is -1.92. The molecule has 0 unspecified atom stereocenters. The van der Waals surface area contributed by atoms with E-state index in [0.29, 0.717) is 11.3 Å². The first-order valence-corrected chi connectivity index (χ1v) is 11.4. The first kappa shape index (κ1) is 24.5. The summed E-state index contributed by atoms with van der Waals surface area (Å²) < 4.78 is 37.1. The lowest BCUT2D eigenvalue weighted by molar-refractivity contribution is 0.0587. The quantitative estimate of drug-likeness (QED) is 0.492. The average molecular weight is 483 g/mol. The van der Waals surface area contributed by atoms with E-state index in [-0.39, 0.29) is 27.3 Å². The first-order valence-electron chi connectivity index (χ1n) is 9.97. The first-order chi connectivity index (χ1) is 16.2. The van der Waals surface area contributed by atoms with Crippen LogP contribution in [0.1, 0.15) is 36.6 Å². The Balaban J connectivity index is 1.87. The fourth-order valence-corrected chi connectivity index (χ4v) is 4.25. The smallest absolute Gasteiger partial charge is 0.339 e. The summed E-state index contributed by atoms with van der Waals surface area (Å²) >= 11 is 0. The maximum atomic E-state index is 12.9. The van der Waals surface area contributed by atoms with Crippen LogP contribution in [0.3, 0.4) is 0 Å². The van der Waals surface area contributed by atoms with Crippen molar-refractivity contribution in [3.63, 3.8) is 0 Å². The van der Waals surface area contributed by atoms with Gasteiger partial charge in [0.05, 0.1) is 41.6 Å². The number of ether oxygens (including phenoxy) is 2. The van der Waals surface area contributed by atoms with E-state index in [0.717, 1.165) is 0 Å². The van der Waals surface area contributed by atoms with Crippen molar-refractivity contribution in [1.82, 2.24) is 0 Å². The van der Waals surface area contributed by atoms with Gasteiger partial charge >= 0.3 is 11.9 Å². The zero-order valence-electron chi connectivity index (χ0n) is 18.6. The topological polar surface area (TPSA) is 128 Å². The largest absolute Gasteiger partial charge is 0.465 e. The van der Waals surface area contributed by atoms with E-state index in [1.807, 2.05) is 0 Å². The molecular weight excluding hydrogens is 460 g/mol. The fraction of sp³-hybridized carbons (Fsp3) is 0.125. The lowest BCUT2D eigenvalue weighted by Crippen LogP contribution is -2.17. The lowest BCUT2D eigenvalue weighted by Gasteiger charge is -2.14. The van der Waals surface area contributed by atoms with Gasteiger partial charge in [-0.25, -0.2) is 18.0 Å². The SMILES string of the molecule is COC(=O)c1ccc(C(=O)OC)c(NC(=O)c2ccc(NS(=O)(=O)c3ccccc3)c(C)c2)c1. The van der Waals surface area contributed by atoms with Crippen LogP contribution in [0.15, 0.2) is 71.6 Å². The van der Waals surface area contributed by atoms with Crippen LogP contribution in [0.4, 0.5) is 11.4 Å². The minimum Gasteiger partial charge on any atom is -0.465 e. The molecule has 1 amide bonds. The highest BCUT2D eigenvalue weighted by molar-refractivity contribution is 7.92. The van der Waals surface area contributed by atoms with Crippen molar-refractivity contribution >= 4 is 39.2 Å². The summed E-state index contributed by atoms with van der Waals surface area (Å²) in [6.07, 6.45) is 0. The van der Waals surface area contributed by atoms with Crippen LogP contribution in [-0.4, -0.2) is 40.5 Å². The second-order valence-electron chi connectivity index (χ2n) is 7.15. The second-order valence-corrected chi connectivity index (χ2v) is 8.83. The van der Waals surface area contributed by atoms with Gasteiger partial charge in [-0.2, -0.15) is 0 Å². The van der Waals surface area contributed by atoms with Crippen LogP contribution in [0.5, 0.6) is 0 Å². The molecule has 0 fully saturated rings. The molecule has 176 valence electrons. The highest BCUT2D eigenvalue weighted by atomic mass is 32.2. The molecule has 0 aliphatic rings. The Labute approximate surface area is 196 Å². The van der Waals surface area contributed by atoms with Gasteiger partial charge in [0.25, 0.3) is 15.9 Å². The molecule has 3 aromatic carbocycles. The number of aryl methyl sites for hydroxylation is 1. The third-order valence-corrected chi connectivity index (χ3v) is 6.26. The Hall–Kier alpha value is -4.18. The summed E-state index contributed by atoms with van der Waals surface area (Å²) in [7, 11) is -1.39. The number of carbonyl (C=O) groups is 3. The molecule has 0 bridgehead atoms. The highest BCUT2D eigenvalue weighted by Gasteiger charge is 2.19. The molecule has 0 atom stereocenters. The zero-order valence-corrected chi connectivity index (χ0v) is 19.4. The van der Waals surface area contributed by atoms with Crippen LogP contribution in [0.25, 0.3) is 0 Å². The van der Waals surface area contributed by atoms with Crippen LogP contribution >= 0.6 is 0 Å². The number of hydrogen-bond acceptors (Lipinski definition) is 7. The minimum atomic E-state index is -3.80. The highest BCUT2D eigenvalue weighted by Crippen LogP contribution is 2.24. The number of nitrogens with one attached hydrogen (secondary N) is 2. The summed E-state index contributed by atoms with van der Waals surface area (Å²) in [5.41, 5.74) is 1.26. The Bertz CT molecular complexity index is 1350. The van der Waals surface area contributed by atoms with E-state index < -0.39 is 27.9 Å². The predicted octanol–water partition coefficient (Wildman–Crippen LogP) is 3.62. The van der Waals surface area contributed by atoms with Crippen LogP contribution in [-0.2, 0) is 19.5 Å². The molecule has 34 heavy (non-hydrogen) atoms. The monoisotopic (exact) mass is 482 g/mol. The van der Waals surface area contributed by atoms with Crippen molar-refractivity contribution in [2.24, 2.45) is 0 Å². The third kappa shape index (κ3) is 5.41. The molecule has 10 heteroatoms. The number of benzene rings is 3. The number of sulfonamides is 1.